The molecule has 0 unspecified atom stereocenters. The molecule has 1 aromatic heterocycles. The van der Waals surface area contributed by atoms with Gasteiger partial charge in [-0.05, 0) is 0 Å². The summed E-state index contributed by atoms with van der Waals surface area (Å²) in [5.41, 5.74) is -0.751. The summed E-state index contributed by atoms with van der Waals surface area (Å²) in [6, 6.07) is 0. The van der Waals surface area contributed by atoms with Crippen molar-refractivity contribution in [1.82, 2.24) is 9.97 Å². The molecule has 0 saturated carbocycles. The van der Waals surface area contributed by atoms with E-state index in [-0.39, 0.29) is 0 Å². The molecule has 0 N–H and O–H groups in total. The SMILES string of the molecule is [B-]c1nc(F)c(F)nc1F. The fraction of sp³-hybridized carbons (Fsp3) is 0. The molecule has 0 aromatic carbocycles. The van der Waals surface area contributed by atoms with Crippen LogP contribution in [0.2, 0.25) is 0 Å². The highest BCUT2D eigenvalue weighted by Gasteiger charge is 2.03. The van der Waals surface area contributed by atoms with Crippen LogP contribution < -0.4 is 5.59 Å². The summed E-state index contributed by atoms with van der Waals surface area (Å²) >= 11 is 0. The summed E-state index contributed by atoms with van der Waals surface area (Å²) in [5.74, 6) is -4.40. The van der Waals surface area contributed by atoms with Crippen molar-refractivity contribution in [3.8, 4) is 0 Å². The average molecular weight is 144 g/mol. The molecule has 0 saturated heterocycles. The van der Waals surface area contributed by atoms with E-state index in [2.05, 4.69) is 9.97 Å². The third kappa shape index (κ3) is 1.10. The van der Waals surface area contributed by atoms with Crippen LogP contribution in [0.1, 0.15) is 0 Å². The van der Waals surface area contributed by atoms with Crippen molar-refractivity contribution in [3.05, 3.63) is 17.8 Å². The van der Waals surface area contributed by atoms with Gasteiger partial charge >= 0.3 is 0 Å². The van der Waals surface area contributed by atoms with Gasteiger partial charge in [0.2, 0.25) is 0 Å². The van der Waals surface area contributed by atoms with E-state index in [0.29, 0.717) is 0 Å². The van der Waals surface area contributed by atoms with Crippen molar-refractivity contribution in [2.75, 3.05) is 0 Å². The Bertz CT molecular complexity index is 215. The van der Waals surface area contributed by atoms with E-state index in [1.807, 2.05) is 0 Å². The zero-order valence-corrected chi connectivity index (χ0v) is 4.61. The lowest BCUT2D eigenvalue weighted by Gasteiger charge is -2.04. The minimum absolute atomic E-state index is 0.751. The third-order valence-electron chi connectivity index (χ3n) is 0.797. The van der Waals surface area contributed by atoms with Crippen molar-refractivity contribution < 1.29 is 13.2 Å². The van der Waals surface area contributed by atoms with Crippen molar-refractivity contribution in [2.45, 2.75) is 0 Å². The lowest BCUT2D eigenvalue weighted by atomic mass is 10.1. The van der Waals surface area contributed by atoms with E-state index in [4.69, 9.17) is 7.85 Å². The quantitative estimate of drug-likeness (QED) is 0.466. The van der Waals surface area contributed by atoms with Gasteiger partial charge in [0.25, 0.3) is 11.9 Å². The number of hydrogen-bond donors (Lipinski definition) is 0. The molecule has 0 aliphatic rings. The predicted molar refractivity (Wildman–Crippen MR) is 27.3 cm³/mol. The van der Waals surface area contributed by atoms with Gasteiger partial charge in [-0.2, -0.15) is 23.7 Å². The van der Waals surface area contributed by atoms with E-state index in [1.165, 1.54) is 0 Å². The van der Waals surface area contributed by atoms with Gasteiger partial charge in [0.1, 0.15) is 0 Å². The molecule has 2 nitrogen and oxygen atoms in total. The minimum atomic E-state index is -1.59. The molecule has 0 amide bonds. The van der Waals surface area contributed by atoms with Crippen LogP contribution in [0.4, 0.5) is 13.2 Å². The van der Waals surface area contributed by atoms with Crippen LogP contribution in [0.5, 0.6) is 0 Å². The highest BCUT2D eigenvalue weighted by atomic mass is 19.2. The fourth-order valence-corrected chi connectivity index (χ4v) is 0.388. The van der Waals surface area contributed by atoms with Gasteiger partial charge < -0.3 is 7.85 Å². The first-order chi connectivity index (χ1) is 4.61. The second-order valence-corrected chi connectivity index (χ2v) is 1.48. The fourth-order valence-electron chi connectivity index (χ4n) is 0.388. The van der Waals surface area contributed by atoms with Gasteiger partial charge in [-0.3, -0.25) is 4.98 Å². The molecule has 0 aliphatic carbocycles. The topological polar surface area (TPSA) is 25.8 Å². The van der Waals surface area contributed by atoms with Gasteiger partial charge in [-0.1, -0.05) is 0 Å². The van der Waals surface area contributed by atoms with E-state index in [1.54, 1.807) is 0 Å². The van der Waals surface area contributed by atoms with Crippen molar-refractivity contribution in [3.63, 3.8) is 0 Å². The minimum Gasteiger partial charge on any atom is -0.547 e. The van der Waals surface area contributed by atoms with Gasteiger partial charge in [0, 0.05) is 0 Å². The zero-order chi connectivity index (χ0) is 7.72. The number of aromatic nitrogens is 2. The predicted octanol–water partition coefficient (Wildman–Crippen LogP) is -0.312. The molecular formula is C4BF3N2-. The first-order valence-corrected chi connectivity index (χ1v) is 2.25. The largest absolute Gasteiger partial charge is 0.547 e. The highest BCUT2D eigenvalue weighted by molar-refractivity contribution is 6.30. The first kappa shape index (κ1) is 7.05. The Labute approximate surface area is 55.5 Å². The summed E-state index contributed by atoms with van der Waals surface area (Å²) in [7, 11) is 4.73. The average Bonchev–Trinajstić information content (AvgIpc) is 1.84. The Morgan fingerprint density at radius 2 is 1.40 bits per heavy atom. The molecule has 0 aliphatic heterocycles. The Balaban J connectivity index is 3.28. The second-order valence-electron chi connectivity index (χ2n) is 1.48. The summed E-state index contributed by atoms with van der Waals surface area (Å²) in [5, 5.41) is 0. The molecule has 1 aromatic rings. The molecule has 0 fully saturated rings. The molecule has 0 atom stereocenters. The van der Waals surface area contributed by atoms with E-state index >= 15 is 0 Å². The Morgan fingerprint density at radius 3 is 1.90 bits per heavy atom. The molecule has 51 valence electrons. The van der Waals surface area contributed by atoms with Crippen LogP contribution in [0.15, 0.2) is 0 Å². The van der Waals surface area contributed by atoms with Crippen molar-refractivity contribution in [2.24, 2.45) is 0 Å². The van der Waals surface area contributed by atoms with Crippen LogP contribution in [0.25, 0.3) is 0 Å². The van der Waals surface area contributed by atoms with Crippen LogP contribution >= 0.6 is 0 Å². The third-order valence-corrected chi connectivity index (χ3v) is 0.797. The Kier molecular flexibility index (Phi) is 1.61. The molecule has 0 spiro atoms. The summed E-state index contributed by atoms with van der Waals surface area (Å²) in [4.78, 5) is 5.15. The molecule has 1 heterocycles. The molecule has 6 heteroatoms. The molecule has 0 bridgehead atoms. The van der Waals surface area contributed by atoms with E-state index in [9.17, 15) is 13.2 Å². The normalized spacial score (nSPS) is 10.0. The smallest absolute Gasteiger partial charge is 0.270 e. The zero-order valence-electron chi connectivity index (χ0n) is 4.61. The van der Waals surface area contributed by atoms with Gasteiger partial charge in [0.15, 0.2) is 5.95 Å². The van der Waals surface area contributed by atoms with Crippen molar-refractivity contribution >= 4 is 13.4 Å². The maximum atomic E-state index is 12.1. The highest BCUT2D eigenvalue weighted by Crippen LogP contribution is 1.95. The molecule has 10 heavy (non-hydrogen) atoms. The standard InChI is InChI=1S/C4BF3N2/c5-1-2(6)10-4(8)3(7)9-1/q-1. The van der Waals surface area contributed by atoms with Gasteiger partial charge in [-0.25, -0.2) is 0 Å². The lowest BCUT2D eigenvalue weighted by Crippen LogP contribution is -2.19. The molecule has 3 radical (unpaired) electrons. The molecule has 1 rings (SSSR count). The van der Waals surface area contributed by atoms with Crippen LogP contribution in [-0.4, -0.2) is 17.8 Å². The maximum absolute atomic E-state index is 12.1. The van der Waals surface area contributed by atoms with Crippen molar-refractivity contribution in [1.29, 1.82) is 0 Å². The second kappa shape index (κ2) is 2.28. The van der Waals surface area contributed by atoms with Crippen LogP contribution in [-0.2, 0) is 0 Å². The maximum Gasteiger partial charge on any atom is 0.270 e. The van der Waals surface area contributed by atoms with Gasteiger partial charge in [0.05, 0.1) is 0 Å². The monoisotopic (exact) mass is 144 g/mol. The number of rotatable bonds is 0. The van der Waals surface area contributed by atoms with Crippen LogP contribution in [0.3, 0.4) is 0 Å². The van der Waals surface area contributed by atoms with Gasteiger partial charge in [-0.15, -0.1) is 0 Å². The van der Waals surface area contributed by atoms with E-state index in [0.717, 1.165) is 0 Å². The molecular weight excluding hydrogens is 144 g/mol. The number of hydrogen-bond acceptors (Lipinski definition) is 2. The van der Waals surface area contributed by atoms with Crippen LogP contribution in [0, 0.1) is 17.8 Å². The Hall–Kier alpha value is -1.07. The lowest BCUT2D eigenvalue weighted by molar-refractivity contribution is 0.427. The van der Waals surface area contributed by atoms with E-state index < -0.39 is 23.4 Å². The summed E-state index contributed by atoms with van der Waals surface area (Å²) in [6.45, 7) is 0. The number of halogens is 3. The Morgan fingerprint density at radius 1 is 0.900 bits per heavy atom. The number of nitrogens with zero attached hydrogens (tertiary/aromatic N) is 2. The first-order valence-electron chi connectivity index (χ1n) is 2.25. The summed E-state index contributed by atoms with van der Waals surface area (Å²) in [6.07, 6.45) is 0. The summed E-state index contributed by atoms with van der Waals surface area (Å²) < 4.78 is 35.9.